The van der Waals surface area contributed by atoms with Crippen molar-refractivity contribution >= 4 is 53.2 Å². The molecule has 81 heavy (non-hydrogen) atoms. The lowest BCUT2D eigenvalue weighted by molar-refractivity contribution is -0.148. The fourth-order valence-electron chi connectivity index (χ4n) is 11.3. The molecule has 2 fully saturated rings. The van der Waals surface area contributed by atoms with Gasteiger partial charge in [0.1, 0.15) is 12.1 Å². The first-order valence-corrected chi connectivity index (χ1v) is 29.2. The van der Waals surface area contributed by atoms with Gasteiger partial charge < -0.3 is 35.2 Å². The van der Waals surface area contributed by atoms with Crippen LogP contribution >= 0.6 is 0 Å². The van der Waals surface area contributed by atoms with E-state index in [1.165, 1.54) is 19.1 Å². The molecule has 9 amide bonds. The normalized spacial score (nSPS) is 18.4. The molecule has 450 valence electrons. The molecule has 0 radical (unpaired) electrons. The summed E-state index contributed by atoms with van der Waals surface area (Å²) in [6.45, 7) is 16.5. The summed E-state index contributed by atoms with van der Waals surface area (Å²) in [5.41, 5.74) is 6.71. The zero-order valence-electron chi connectivity index (χ0n) is 50.3. The van der Waals surface area contributed by atoms with E-state index in [2.05, 4.69) is 26.8 Å². The minimum Gasteiger partial charge on any atom is -0.379 e. The van der Waals surface area contributed by atoms with Crippen LogP contribution in [-0.2, 0) is 65.6 Å². The molecular formula is C61H95N9O11. The van der Waals surface area contributed by atoms with Crippen LogP contribution in [0.5, 0.6) is 0 Å². The molecule has 0 bridgehead atoms. The Morgan fingerprint density at radius 2 is 1.36 bits per heavy atom. The smallest absolute Gasteiger partial charge is 0.245 e. The molecule has 0 aromatic heterocycles. The predicted molar refractivity (Wildman–Crippen MR) is 309 cm³/mol. The van der Waals surface area contributed by atoms with E-state index in [4.69, 9.17) is 9.47 Å². The van der Waals surface area contributed by atoms with Crippen molar-refractivity contribution in [3.8, 4) is 0 Å². The third kappa shape index (κ3) is 20.0. The second kappa shape index (κ2) is 33.6. The van der Waals surface area contributed by atoms with Crippen LogP contribution in [-0.4, -0.2) is 163 Å². The Morgan fingerprint density at radius 1 is 0.741 bits per heavy atom. The lowest BCUT2D eigenvalue weighted by atomic mass is 9.89. The fraction of sp³-hybridized carbons (Fsp3) is 0.656. The van der Waals surface area contributed by atoms with Crippen LogP contribution in [0, 0.1) is 29.6 Å². The highest BCUT2D eigenvalue weighted by Crippen LogP contribution is 2.30. The zero-order valence-corrected chi connectivity index (χ0v) is 50.3. The average molecular weight is 1130 g/mol. The van der Waals surface area contributed by atoms with Crippen LogP contribution in [0.15, 0.2) is 60.7 Å². The number of nitrogens with one attached hydrogen (secondary N) is 5. The van der Waals surface area contributed by atoms with Crippen molar-refractivity contribution in [1.29, 1.82) is 0 Å². The van der Waals surface area contributed by atoms with E-state index in [1.807, 2.05) is 107 Å². The summed E-state index contributed by atoms with van der Waals surface area (Å²) < 4.78 is 12.2. The van der Waals surface area contributed by atoms with Gasteiger partial charge in [0.25, 0.3) is 0 Å². The predicted octanol–water partition coefficient (Wildman–Crippen LogP) is 4.93. The maximum Gasteiger partial charge on any atom is 0.245 e. The minimum absolute atomic E-state index is 0.0606. The van der Waals surface area contributed by atoms with Gasteiger partial charge in [-0.3, -0.25) is 63.8 Å². The lowest BCUT2D eigenvalue weighted by Crippen LogP contribution is -2.60. The van der Waals surface area contributed by atoms with E-state index < -0.39 is 48.3 Å². The quantitative estimate of drug-likeness (QED) is 0.0363. The number of methoxy groups -OCH3 is 2. The highest BCUT2D eigenvalue weighted by Gasteiger charge is 2.44. The van der Waals surface area contributed by atoms with E-state index in [0.717, 1.165) is 11.1 Å². The SMILES string of the molecule is CC[C@H](C)[C@@H]([C@@H](CC(=O)N1CCC[C@H]1[C@H](OC)[C@@H](C)C(=O)N[C@@H](Cc1ccccc1)C(=O)NCc1ccccc1)OC)N(C)C(=O)[C@@H](NC(=O)[C@H](C(C)C)N(C)CCCC(=O)NNC(=O)CCCCCN1C(=O)CC(C)C1=O)C(C)C. The van der Waals surface area contributed by atoms with Gasteiger partial charge in [0.2, 0.25) is 53.2 Å². The molecule has 2 aromatic rings. The van der Waals surface area contributed by atoms with Gasteiger partial charge in [0, 0.05) is 72.5 Å². The summed E-state index contributed by atoms with van der Waals surface area (Å²) in [7, 11) is 6.54. The Labute approximate surface area is 481 Å². The molecule has 2 aliphatic heterocycles. The number of hydrogen-bond donors (Lipinski definition) is 5. The molecule has 2 aromatic carbocycles. The third-order valence-corrected chi connectivity index (χ3v) is 16.1. The highest BCUT2D eigenvalue weighted by atomic mass is 16.5. The second-order valence-corrected chi connectivity index (χ2v) is 22.9. The van der Waals surface area contributed by atoms with Crippen LogP contribution in [0.25, 0.3) is 0 Å². The molecular weight excluding hydrogens is 1030 g/mol. The number of ether oxygens (including phenoxy) is 2. The van der Waals surface area contributed by atoms with Crippen LogP contribution in [0.1, 0.15) is 137 Å². The first kappa shape index (κ1) is 67.3. The Morgan fingerprint density at radius 3 is 1.91 bits per heavy atom. The van der Waals surface area contributed by atoms with Crippen LogP contribution in [0.3, 0.4) is 0 Å². The van der Waals surface area contributed by atoms with Crippen molar-refractivity contribution in [1.82, 2.24) is 46.4 Å². The van der Waals surface area contributed by atoms with E-state index in [0.29, 0.717) is 71.1 Å². The summed E-state index contributed by atoms with van der Waals surface area (Å²) >= 11 is 0. The van der Waals surface area contributed by atoms with Gasteiger partial charge in [-0.1, -0.05) is 129 Å². The highest BCUT2D eigenvalue weighted by molar-refractivity contribution is 6.03. The van der Waals surface area contributed by atoms with Gasteiger partial charge in [0.15, 0.2) is 0 Å². The number of nitrogens with zero attached hydrogens (tertiary/aromatic N) is 4. The van der Waals surface area contributed by atoms with Gasteiger partial charge in [-0.05, 0) is 74.6 Å². The molecule has 2 aliphatic rings. The molecule has 5 N–H and O–H groups in total. The van der Waals surface area contributed by atoms with Crippen LogP contribution < -0.4 is 26.8 Å². The van der Waals surface area contributed by atoms with Gasteiger partial charge >= 0.3 is 0 Å². The summed E-state index contributed by atoms with van der Waals surface area (Å²) in [5.74, 6) is -4.27. The Bertz CT molecular complexity index is 2370. The average Bonchev–Trinajstić information content (AvgIpc) is 4.02. The van der Waals surface area contributed by atoms with Crippen molar-refractivity contribution in [2.24, 2.45) is 29.6 Å². The summed E-state index contributed by atoms with van der Waals surface area (Å²) in [4.78, 5) is 127. The number of benzene rings is 2. The monoisotopic (exact) mass is 1130 g/mol. The zero-order chi connectivity index (χ0) is 59.9. The maximum absolute atomic E-state index is 14.7. The van der Waals surface area contributed by atoms with Crippen molar-refractivity contribution in [2.45, 2.75) is 181 Å². The molecule has 4 rings (SSSR count). The lowest BCUT2D eigenvalue weighted by Gasteiger charge is -2.41. The van der Waals surface area contributed by atoms with E-state index in [9.17, 15) is 43.2 Å². The topological polar surface area (TPSA) is 245 Å². The number of carbonyl (C=O) groups is 9. The number of amides is 9. The Balaban J connectivity index is 1.34. The molecule has 0 spiro atoms. The molecule has 20 nitrogen and oxygen atoms in total. The van der Waals surface area contributed by atoms with Crippen molar-refractivity contribution in [2.75, 3.05) is 47.9 Å². The number of likely N-dealkylation sites (N-methyl/N-ethyl adjacent to an activating group) is 2. The number of unbranched alkanes of at least 4 members (excludes halogenated alkanes) is 2. The van der Waals surface area contributed by atoms with Crippen LogP contribution in [0.2, 0.25) is 0 Å². The van der Waals surface area contributed by atoms with Gasteiger partial charge in [-0.25, -0.2) is 0 Å². The second-order valence-electron chi connectivity index (χ2n) is 22.9. The first-order chi connectivity index (χ1) is 38.5. The van der Waals surface area contributed by atoms with Gasteiger partial charge in [-0.2, -0.15) is 0 Å². The fourth-order valence-corrected chi connectivity index (χ4v) is 11.3. The molecule has 2 heterocycles. The molecule has 20 heteroatoms. The number of likely N-dealkylation sites (tertiary alicyclic amines) is 2. The molecule has 1 unspecified atom stereocenters. The van der Waals surface area contributed by atoms with E-state index in [1.54, 1.807) is 37.7 Å². The van der Waals surface area contributed by atoms with E-state index >= 15 is 0 Å². The number of carbonyl (C=O) groups excluding carboxylic acids is 9. The Hall–Kier alpha value is -6.25. The van der Waals surface area contributed by atoms with Crippen molar-refractivity contribution in [3.63, 3.8) is 0 Å². The van der Waals surface area contributed by atoms with E-state index in [-0.39, 0.29) is 109 Å². The summed E-state index contributed by atoms with van der Waals surface area (Å²) in [6, 6.07) is 15.6. The maximum atomic E-state index is 14.7. The van der Waals surface area contributed by atoms with Crippen molar-refractivity contribution in [3.05, 3.63) is 71.8 Å². The molecule has 0 saturated carbocycles. The Kier molecular flexibility index (Phi) is 27.9. The van der Waals surface area contributed by atoms with Crippen LogP contribution in [0.4, 0.5) is 0 Å². The number of hydrazine groups is 1. The third-order valence-electron chi connectivity index (χ3n) is 16.1. The standard InChI is InChI=1S/C61H95N9O11/c1-13-41(6)55(48(80-11)37-52(74)69-34-23-29-47(69)56(81-12)43(8)57(75)63-46(36-44-25-17-14-18-26-44)58(76)62-38-45-27-19-15-20-28-45)68(10)61(79)53(39(2)3)64-59(77)54(40(4)5)67(9)32-24-31-50(72)66-65-49(71)30-21-16-22-33-70-51(73)35-42(7)60(70)78/h14-15,17-20,25-28,39-43,46-48,53-56H,13,16,21-24,29-38H2,1-12H3,(H,62,76)(H,63,75)(H,64,77)(H,65,71)(H,66,72)/t41-,42?,43+,46-,47-,48+,53-,54-,55-,56+/m0/s1. The number of rotatable bonds is 33. The van der Waals surface area contributed by atoms with Crippen molar-refractivity contribution < 1.29 is 52.6 Å². The summed E-state index contributed by atoms with van der Waals surface area (Å²) in [6.07, 6.45) is 3.36. The number of imide groups is 1. The molecule has 2 saturated heterocycles. The minimum atomic E-state index is -0.922. The van der Waals surface area contributed by atoms with Gasteiger partial charge in [0.05, 0.1) is 42.7 Å². The molecule has 0 aliphatic carbocycles. The van der Waals surface area contributed by atoms with Gasteiger partial charge in [-0.15, -0.1) is 0 Å². The number of hydrogen-bond acceptors (Lipinski definition) is 12. The summed E-state index contributed by atoms with van der Waals surface area (Å²) in [5, 5.41) is 9.04. The first-order valence-electron chi connectivity index (χ1n) is 29.2. The largest absolute Gasteiger partial charge is 0.379 e. The molecule has 10 atom stereocenters.